The van der Waals surface area contributed by atoms with Gasteiger partial charge in [0.2, 0.25) is 0 Å². The first-order valence-corrected chi connectivity index (χ1v) is 9.46. The van der Waals surface area contributed by atoms with Crippen molar-refractivity contribution in [3.63, 3.8) is 0 Å². The molecule has 0 aromatic carbocycles. The van der Waals surface area contributed by atoms with Crippen LogP contribution in [0.2, 0.25) is 0 Å². The van der Waals surface area contributed by atoms with E-state index >= 15 is 0 Å². The Bertz CT molecular complexity index is 167. The van der Waals surface area contributed by atoms with E-state index in [1.54, 1.807) is 0 Å². The first-order valence-electron chi connectivity index (χ1n) is 9.46. The highest BCUT2D eigenvalue weighted by molar-refractivity contribution is 4.58. The second kappa shape index (κ2) is 17.0. The molecule has 0 saturated carbocycles. The minimum atomic E-state index is 0.401. The lowest BCUT2D eigenvalue weighted by molar-refractivity contribution is 0.205. The van der Waals surface area contributed by atoms with Gasteiger partial charge in [-0.05, 0) is 18.8 Å². The summed E-state index contributed by atoms with van der Waals surface area (Å²) in [7, 11) is 0. The molecule has 20 heavy (non-hydrogen) atoms. The maximum Gasteiger partial charge on any atom is 0.0459 e. The molecule has 1 unspecified atom stereocenters. The summed E-state index contributed by atoms with van der Waals surface area (Å²) in [6, 6.07) is 0. The summed E-state index contributed by atoms with van der Waals surface area (Å²) < 4.78 is 0. The summed E-state index contributed by atoms with van der Waals surface area (Å²) in [5.41, 5.74) is 0. The van der Waals surface area contributed by atoms with Crippen LogP contribution in [0.3, 0.4) is 0 Å². The molecule has 1 nitrogen and oxygen atoms in total. The van der Waals surface area contributed by atoms with E-state index in [1.165, 1.54) is 96.3 Å². The summed E-state index contributed by atoms with van der Waals surface area (Å²) in [6.07, 6.45) is 20.5. The van der Waals surface area contributed by atoms with E-state index in [0.717, 1.165) is 0 Å². The van der Waals surface area contributed by atoms with Gasteiger partial charge in [0.1, 0.15) is 0 Å². The molecule has 1 atom stereocenters. The third-order valence-electron chi connectivity index (χ3n) is 4.44. The Hall–Kier alpha value is -0.0400. The van der Waals surface area contributed by atoms with Crippen LogP contribution in [0.15, 0.2) is 0 Å². The lowest BCUT2D eigenvalue weighted by Gasteiger charge is -2.13. The van der Waals surface area contributed by atoms with Crippen molar-refractivity contribution in [3.05, 3.63) is 0 Å². The molecule has 0 radical (unpaired) electrons. The lowest BCUT2D eigenvalue weighted by atomic mass is 9.96. The van der Waals surface area contributed by atoms with Crippen LogP contribution >= 0.6 is 0 Å². The minimum absolute atomic E-state index is 0.401. The Morgan fingerprint density at radius 1 is 0.550 bits per heavy atom. The van der Waals surface area contributed by atoms with Gasteiger partial charge in [0, 0.05) is 6.61 Å². The number of rotatable bonds is 16. The predicted molar refractivity (Wildman–Crippen MR) is 91.2 cm³/mol. The van der Waals surface area contributed by atoms with Gasteiger partial charge < -0.3 is 5.11 Å². The molecular weight excluding hydrogens is 244 g/mol. The molecule has 0 heterocycles. The van der Waals surface area contributed by atoms with E-state index in [4.69, 9.17) is 0 Å². The van der Waals surface area contributed by atoms with E-state index in [-0.39, 0.29) is 0 Å². The van der Waals surface area contributed by atoms with Gasteiger partial charge in [-0.1, -0.05) is 97.3 Å². The SMILES string of the molecule is CCCCCCCCCCCCCC(CO)CCCC. The van der Waals surface area contributed by atoms with Gasteiger partial charge in [0.15, 0.2) is 0 Å². The summed E-state index contributed by atoms with van der Waals surface area (Å²) in [4.78, 5) is 0. The van der Waals surface area contributed by atoms with Crippen molar-refractivity contribution in [3.8, 4) is 0 Å². The van der Waals surface area contributed by atoms with Crippen LogP contribution in [0, 0.1) is 5.92 Å². The van der Waals surface area contributed by atoms with E-state index in [9.17, 15) is 5.11 Å². The minimum Gasteiger partial charge on any atom is -0.396 e. The van der Waals surface area contributed by atoms with E-state index in [0.29, 0.717) is 12.5 Å². The molecular formula is C19H40O. The third kappa shape index (κ3) is 14.4. The fourth-order valence-corrected chi connectivity index (χ4v) is 2.92. The highest BCUT2D eigenvalue weighted by atomic mass is 16.3. The van der Waals surface area contributed by atoms with Crippen LogP contribution in [-0.4, -0.2) is 11.7 Å². The van der Waals surface area contributed by atoms with Gasteiger partial charge in [-0.25, -0.2) is 0 Å². The Morgan fingerprint density at radius 3 is 1.40 bits per heavy atom. The number of hydrogen-bond donors (Lipinski definition) is 1. The van der Waals surface area contributed by atoms with E-state index in [1.807, 2.05) is 0 Å². The topological polar surface area (TPSA) is 20.2 Å². The smallest absolute Gasteiger partial charge is 0.0459 e. The maximum absolute atomic E-state index is 9.31. The lowest BCUT2D eigenvalue weighted by Crippen LogP contribution is -2.05. The zero-order chi connectivity index (χ0) is 14.9. The number of unbranched alkanes of at least 4 members (excludes halogenated alkanes) is 11. The van der Waals surface area contributed by atoms with Crippen molar-refractivity contribution in [1.29, 1.82) is 0 Å². The van der Waals surface area contributed by atoms with Crippen molar-refractivity contribution in [1.82, 2.24) is 0 Å². The van der Waals surface area contributed by atoms with Gasteiger partial charge in [-0.3, -0.25) is 0 Å². The molecule has 1 heteroatoms. The largest absolute Gasteiger partial charge is 0.396 e. The maximum atomic E-state index is 9.31. The first-order chi connectivity index (χ1) is 9.85. The van der Waals surface area contributed by atoms with Crippen molar-refractivity contribution in [2.45, 2.75) is 110 Å². The molecule has 122 valence electrons. The Kier molecular flexibility index (Phi) is 17.0. The van der Waals surface area contributed by atoms with Gasteiger partial charge in [0.25, 0.3) is 0 Å². The second-order valence-electron chi connectivity index (χ2n) is 6.52. The van der Waals surface area contributed by atoms with Crippen molar-refractivity contribution in [2.24, 2.45) is 5.92 Å². The van der Waals surface area contributed by atoms with Crippen molar-refractivity contribution < 1.29 is 5.11 Å². The number of hydrogen-bond acceptors (Lipinski definition) is 1. The summed E-state index contributed by atoms with van der Waals surface area (Å²) >= 11 is 0. The highest BCUT2D eigenvalue weighted by Gasteiger charge is 2.05. The fraction of sp³-hybridized carbons (Fsp3) is 1.00. The molecule has 0 fully saturated rings. The number of aliphatic hydroxyl groups excluding tert-OH is 1. The van der Waals surface area contributed by atoms with Gasteiger partial charge >= 0.3 is 0 Å². The van der Waals surface area contributed by atoms with E-state index in [2.05, 4.69) is 13.8 Å². The molecule has 1 N–H and O–H groups in total. The van der Waals surface area contributed by atoms with Crippen molar-refractivity contribution >= 4 is 0 Å². The summed E-state index contributed by atoms with van der Waals surface area (Å²) in [5, 5.41) is 9.31. The second-order valence-corrected chi connectivity index (χ2v) is 6.52. The summed E-state index contributed by atoms with van der Waals surface area (Å²) in [5.74, 6) is 0.577. The molecule has 0 aromatic rings. The normalized spacial score (nSPS) is 12.8. The Balaban J connectivity index is 3.15. The van der Waals surface area contributed by atoms with Gasteiger partial charge in [-0.2, -0.15) is 0 Å². The Morgan fingerprint density at radius 2 is 0.950 bits per heavy atom. The van der Waals surface area contributed by atoms with Crippen LogP contribution < -0.4 is 0 Å². The van der Waals surface area contributed by atoms with E-state index < -0.39 is 0 Å². The van der Waals surface area contributed by atoms with Crippen LogP contribution in [0.5, 0.6) is 0 Å². The van der Waals surface area contributed by atoms with Crippen LogP contribution in [0.4, 0.5) is 0 Å². The molecule has 0 saturated heterocycles. The quantitative estimate of drug-likeness (QED) is 0.321. The molecule has 0 rings (SSSR count). The van der Waals surface area contributed by atoms with Gasteiger partial charge in [-0.15, -0.1) is 0 Å². The average Bonchev–Trinajstić information content (AvgIpc) is 2.48. The van der Waals surface area contributed by atoms with Crippen LogP contribution in [0.1, 0.15) is 110 Å². The summed E-state index contributed by atoms with van der Waals surface area (Å²) in [6.45, 7) is 4.91. The zero-order valence-corrected chi connectivity index (χ0v) is 14.3. The molecule has 0 aliphatic heterocycles. The highest BCUT2D eigenvalue weighted by Crippen LogP contribution is 2.17. The monoisotopic (exact) mass is 284 g/mol. The standard InChI is InChI=1S/C19H40O/c1-3-5-7-8-9-10-11-12-13-14-15-17-19(18-20)16-6-4-2/h19-20H,3-18H2,1-2H3. The molecule has 0 bridgehead atoms. The molecule has 0 aliphatic carbocycles. The average molecular weight is 285 g/mol. The molecule has 0 spiro atoms. The Labute approximate surface area is 128 Å². The molecule has 0 aliphatic rings. The fourth-order valence-electron chi connectivity index (χ4n) is 2.92. The van der Waals surface area contributed by atoms with Crippen molar-refractivity contribution in [2.75, 3.05) is 6.61 Å². The molecule has 0 aromatic heterocycles. The third-order valence-corrected chi connectivity index (χ3v) is 4.44. The first kappa shape index (κ1) is 20.0. The zero-order valence-electron chi connectivity index (χ0n) is 14.3. The number of aliphatic hydroxyl groups is 1. The van der Waals surface area contributed by atoms with Gasteiger partial charge in [0.05, 0.1) is 0 Å². The van der Waals surface area contributed by atoms with Crippen LogP contribution in [-0.2, 0) is 0 Å². The predicted octanol–water partition coefficient (Wildman–Crippen LogP) is 6.49. The molecule has 0 amide bonds. The van der Waals surface area contributed by atoms with Crippen LogP contribution in [0.25, 0.3) is 0 Å².